The van der Waals surface area contributed by atoms with Gasteiger partial charge < -0.3 is 15.7 Å². The summed E-state index contributed by atoms with van der Waals surface area (Å²) in [4.78, 5) is 2.28. The molecular weight excluding hydrogens is 280 g/mol. The smallest absolute Gasteiger partial charge is 0.0606 e. The van der Waals surface area contributed by atoms with Crippen LogP contribution in [0.1, 0.15) is 31.4 Å². The van der Waals surface area contributed by atoms with Gasteiger partial charge in [0.15, 0.2) is 0 Å². The molecule has 0 heterocycles. The van der Waals surface area contributed by atoms with Gasteiger partial charge in [0.25, 0.3) is 0 Å². The molecule has 0 aromatic heterocycles. The van der Waals surface area contributed by atoms with Gasteiger partial charge >= 0.3 is 0 Å². The van der Waals surface area contributed by atoms with Gasteiger partial charge in [-0.2, -0.15) is 0 Å². The van der Waals surface area contributed by atoms with Gasteiger partial charge in [0.1, 0.15) is 0 Å². The zero-order valence-electron chi connectivity index (χ0n) is 10.1. The van der Waals surface area contributed by atoms with Crippen LogP contribution in [-0.4, -0.2) is 24.3 Å². The number of anilines is 1. The average molecular weight is 299 g/mol. The van der Waals surface area contributed by atoms with E-state index in [1.807, 2.05) is 13.0 Å². The Kier molecular flexibility index (Phi) is 4.07. The van der Waals surface area contributed by atoms with E-state index in [2.05, 4.69) is 33.0 Å². The molecule has 1 aromatic carbocycles. The maximum absolute atomic E-state index is 9.19. The summed E-state index contributed by atoms with van der Waals surface area (Å²) in [5.41, 5.74) is 8.32. The van der Waals surface area contributed by atoms with E-state index in [-0.39, 0.29) is 12.6 Å². The quantitative estimate of drug-likeness (QED) is 0.878. The number of hydrogen-bond donors (Lipinski definition) is 2. The van der Waals surface area contributed by atoms with E-state index in [9.17, 15) is 5.11 Å². The van der Waals surface area contributed by atoms with Crippen LogP contribution in [0, 0.1) is 0 Å². The number of nitrogens with two attached hydrogens (primary N) is 1. The maximum Gasteiger partial charge on any atom is 0.0606 e. The molecule has 3 nitrogen and oxygen atoms in total. The van der Waals surface area contributed by atoms with Gasteiger partial charge in [0, 0.05) is 28.8 Å². The minimum Gasteiger partial charge on any atom is -0.395 e. The molecule has 94 valence electrons. The Hall–Kier alpha value is -0.580. The fraction of sp³-hybridized carbons (Fsp3) is 0.538. The Morgan fingerprint density at radius 2 is 2.24 bits per heavy atom. The molecule has 0 radical (unpaired) electrons. The summed E-state index contributed by atoms with van der Waals surface area (Å²) in [6.07, 6.45) is 2.43. The normalized spacial score (nSPS) is 16.9. The summed E-state index contributed by atoms with van der Waals surface area (Å²) in [6, 6.07) is 6.78. The Bertz CT molecular complexity index is 391. The Balaban J connectivity index is 2.35. The fourth-order valence-electron chi connectivity index (χ4n) is 2.14. The van der Waals surface area contributed by atoms with E-state index in [0.29, 0.717) is 12.6 Å². The molecule has 1 aromatic rings. The summed E-state index contributed by atoms with van der Waals surface area (Å²) in [5, 5.41) is 9.19. The van der Waals surface area contributed by atoms with Crippen LogP contribution in [0.2, 0.25) is 0 Å². The SMILES string of the molecule is CC(N)c1ccc(Br)cc1N(CCO)C1CC1. The summed E-state index contributed by atoms with van der Waals surface area (Å²) in [5.74, 6) is 0. The van der Waals surface area contributed by atoms with E-state index >= 15 is 0 Å². The molecule has 0 spiro atoms. The Morgan fingerprint density at radius 1 is 1.53 bits per heavy atom. The van der Waals surface area contributed by atoms with Gasteiger partial charge in [-0.05, 0) is 37.5 Å². The van der Waals surface area contributed by atoms with Gasteiger partial charge in [-0.15, -0.1) is 0 Å². The zero-order chi connectivity index (χ0) is 12.4. The highest BCUT2D eigenvalue weighted by atomic mass is 79.9. The number of aliphatic hydroxyl groups is 1. The van der Waals surface area contributed by atoms with Gasteiger partial charge in [-0.1, -0.05) is 22.0 Å². The second-order valence-corrected chi connectivity index (χ2v) is 5.56. The van der Waals surface area contributed by atoms with Crippen LogP contribution in [-0.2, 0) is 0 Å². The molecule has 1 fully saturated rings. The lowest BCUT2D eigenvalue weighted by Gasteiger charge is -2.27. The summed E-state index contributed by atoms with van der Waals surface area (Å²) >= 11 is 3.50. The second kappa shape index (κ2) is 5.38. The molecule has 0 bridgehead atoms. The molecule has 4 heteroatoms. The highest BCUT2D eigenvalue weighted by Gasteiger charge is 2.30. The second-order valence-electron chi connectivity index (χ2n) is 4.64. The Labute approximate surface area is 111 Å². The first kappa shape index (κ1) is 12.9. The molecule has 1 aliphatic carbocycles. The van der Waals surface area contributed by atoms with Crippen LogP contribution < -0.4 is 10.6 Å². The first-order chi connectivity index (χ1) is 8.13. The van der Waals surface area contributed by atoms with Crippen molar-refractivity contribution < 1.29 is 5.11 Å². The molecule has 1 unspecified atom stereocenters. The van der Waals surface area contributed by atoms with Crippen molar-refractivity contribution in [2.45, 2.75) is 31.8 Å². The number of nitrogens with zero attached hydrogens (tertiary/aromatic N) is 1. The molecule has 0 saturated heterocycles. The molecule has 17 heavy (non-hydrogen) atoms. The molecular formula is C13H19BrN2O. The summed E-state index contributed by atoms with van der Waals surface area (Å²) in [6.45, 7) is 2.86. The predicted molar refractivity (Wildman–Crippen MR) is 74.2 cm³/mol. The first-order valence-electron chi connectivity index (χ1n) is 6.06. The van der Waals surface area contributed by atoms with Crippen molar-refractivity contribution >= 4 is 21.6 Å². The van der Waals surface area contributed by atoms with Crippen molar-refractivity contribution in [3.63, 3.8) is 0 Å². The highest BCUT2D eigenvalue weighted by molar-refractivity contribution is 9.10. The fourth-order valence-corrected chi connectivity index (χ4v) is 2.49. The third-order valence-electron chi connectivity index (χ3n) is 3.12. The van der Waals surface area contributed by atoms with Crippen molar-refractivity contribution in [2.75, 3.05) is 18.1 Å². The van der Waals surface area contributed by atoms with Gasteiger partial charge in [-0.25, -0.2) is 0 Å². The van der Waals surface area contributed by atoms with Crippen molar-refractivity contribution in [2.24, 2.45) is 5.73 Å². The largest absolute Gasteiger partial charge is 0.395 e. The summed E-state index contributed by atoms with van der Waals surface area (Å²) in [7, 11) is 0. The van der Waals surface area contributed by atoms with Gasteiger partial charge in [0.05, 0.1) is 6.61 Å². The highest BCUT2D eigenvalue weighted by Crippen LogP contribution is 2.36. The average Bonchev–Trinajstić information content (AvgIpc) is 3.09. The van der Waals surface area contributed by atoms with E-state index in [4.69, 9.17) is 5.73 Å². The molecule has 1 aliphatic rings. The molecule has 1 atom stereocenters. The summed E-state index contributed by atoms with van der Waals surface area (Å²) < 4.78 is 1.06. The first-order valence-corrected chi connectivity index (χ1v) is 6.85. The third kappa shape index (κ3) is 3.00. The number of rotatable bonds is 5. The molecule has 1 saturated carbocycles. The van der Waals surface area contributed by atoms with Crippen LogP contribution in [0.5, 0.6) is 0 Å². The third-order valence-corrected chi connectivity index (χ3v) is 3.61. The lowest BCUT2D eigenvalue weighted by atomic mass is 10.1. The van der Waals surface area contributed by atoms with E-state index in [1.165, 1.54) is 12.8 Å². The predicted octanol–water partition coefficient (Wildman–Crippen LogP) is 2.43. The molecule has 0 amide bonds. The maximum atomic E-state index is 9.19. The van der Waals surface area contributed by atoms with Crippen LogP contribution in [0.15, 0.2) is 22.7 Å². The van der Waals surface area contributed by atoms with Crippen LogP contribution >= 0.6 is 15.9 Å². The number of aliphatic hydroxyl groups excluding tert-OH is 1. The van der Waals surface area contributed by atoms with Crippen LogP contribution in [0.4, 0.5) is 5.69 Å². The molecule has 2 rings (SSSR count). The number of halogens is 1. The Morgan fingerprint density at radius 3 is 2.76 bits per heavy atom. The van der Waals surface area contributed by atoms with Crippen LogP contribution in [0.3, 0.4) is 0 Å². The minimum atomic E-state index is 0.0121. The van der Waals surface area contributed by atoms with E-state index in [0.717, 1.165) is 15.7 Å². The monoisotopic (exact) mass is 298 g/mol. The van der Waals surface area contributed by atoms with Gasteiger partial charge in [-0.3, -0.25) is 0 Å². The van der Waals surface area contributed by atoms with E-state index in [1.54, 1.807) is 0 Å². The van der Waals surface area contributed by atoms with Crippen molar-refractivity contribution in [1.29, 1.82) is 0 Å². The minimum absolute atomic E-state index is 0.0121. The molecule has 3 N–H and O–H groups in total. The van der Waals surface area contributed by atoms with Crippen molar-refractivity contribution in [1.82, 2.24) is 0 Å². The number of hydrogen-bond acceptors (Lipinski definition) is 3. The van der Waals surface area contributed by atoms with E-state index < -0.39 is 0 Å². The van der Waals surface area contributed by atoms with Crippen LogP contribution in [0.25, 0.3) is 0 Å². The molecule has 0 aliphatic heterocycles. The van der Waals surface area contributed by atoms with Gasteiger partial charge in [0.2, 0.25) is 0 Å². The van der Waals surface area contributed by atoms with Crippen molar-refractivity contribution in [3.8, 4) is 0 Å². The topological polar surface area (TPSA) is 49.5 Å². The lowest BCUT2D eigenvalue weighted by Crippen LogP contribution is -2.30. The lowest BCUT2D eigenvalue weighted by molar-refractivity contribution is 0.301. The zero-order valence-corrected chi connectivity index (χ0v) is 11.7. The van der Waals surface area contributed by atoms with Crippen molar-refractivity contribution in [3.05, 3.63) is 28.2 Å². The standard InChI is InChI=1S/C13H19BrN2O/c1-9(15)12-5-2-10(14)8-13(12)16(6-7-17)11-3-4-11/h2,5,8-9,11,17H,3-4,6-7,15H2,1H3. The number of benzene rings is 1.